The van der Waals surface area contributed by atoms with Gasteiger partial charge in [-0.3, -0.25) is 13.9 Å². The smallest absolute Gasteiger partial charge is 0.330 e. The molecule has 0 aliphatic carbocycles. The molecule has 12 nitrogen and oxygen atoms in total. The Hall–Kier alpha value is -2.51. The van der Waals surface area contributed by atoms with Gasteiger partial charge in [0.25, 0.3) is 5.91 Å². The van der Waals surface area contributed by atoms with Crippen LogP contribution in [0.3, 0.4) is 0 Å². The molecule has 2 aromatic heterocycles. The number of methoxy groups -OCH3 is 1. The standard InChI is InChI=1S/C27H40N5O7PSi/c1-27(2,3)41(7,8)39-22-21(35-4)19(14-15-40(34,36-5)37-6)38-26(22)32-17-30-20-23(28-16-29-24(20)32)31-25(33)18-12-10-9-11-13-18/h9-13,16-17,19,21-22,26H,14-15H2,1-8H3,(H,28,29,31,33)/t19-,21-,22-,26-/m1/s1. The fourth-order valence-electron chi connectivity index (χ4n) is 4.53. The topological polar surface area (TPSA) is 136 Å². The Morgan fingerprint density at radius 3 is 2.37 bits per heavy atom. The van der Waals surface area contributed by atoms with E-state index in [1.807, 2.05) is 6.07 Å². The molecule has 1 aliphatic rings. The average molecular weight is 606 g/mol. The first-order valence-corrected chi connectivity index (χ1v) is 18.1. The van der Waals surface area contributed by atoms with Crippen LogP contribution in [0.1, 0.15) is 43.8 Å². The van der Waals surface area contributed by atoms with Gasteiger partial charge in [0.1, 0.15) is 18.5 Å². The fourth-order valence-corrected chi connectivity index (χ4v) is 6.90. The van der Waals surface area contributed by atoms with Gasteiger partial charge in [-0.25, -0.2) is 15.0 Å². The minimum absolute atomic E-state index is 0.0796. The lowest BCUT2D eigenvalue weighted by molar-refractivity contribution is -0.0333. The third kappa shape index (κ3) is 6.61. The van der Waals surface area contributed by atoms with Gasteiger partial charge in [-0.15, -0.1) is 0 Å². The summed E-state index contributed by atoms with van der Waals surface area (Å²) in [5.74, 6) is -0.0277. The molecule has 1 aliphatic heterocycles. The summed E-state index contributed by atoms with van der Waals surface area (Å²) in [6, 6.07) is 8.87. The van der Waals surface area contributed by atoms with Crippen LogP contribution in [0, 0.1) is 0 Å². The van der Waals surface area contributed by atoms with E-state index >= 15 is 0 Å². The highest BCUT2D eigenvalue weighted by Crippen LogP contribution is 2.49. The summed E-state index contributed by atoms with van der Waals surface area (Å²) in [4.78, 5) is 26.2. The predicted octanol–water partition coefficient (Wildman–Crippen LogP) is 5.26. The molecule has 0 radical (unpaired) electrons. The van der Waals surface area contributed by atoms with Crippen molar-refractivity contribution in [3.63, 3.8) is 0 Å². The van der Waals surface area contributed by atoms with Crippen molar-refractivity contribution in [2.75, 3.05) is 32.8 Å². The Morgan fingerprint density at radius 2 is 1.76 bits per heavy atom. The molecule has 0 unspecified atom stereocenters. The van der Waals surface area contributed by atoms with E-state index in [2.05, 4.69) is 54.1 Å². The number of nitrogens with zero attached hydrogens (tertiary/aromatic N) is 4. The normalized spacial score (nSPS) is 21.9. The van der Waals surface area contributed by atoms with E-state index in [0.29, 0.717) is 23.1 Å². The van der Waals surface area contributed by atoms with Crippen molar-refractivity contribution in [2.24, 2.45) is 0 Å². The molecule has 0 saturated carbocycles. The maximum atomic E-state index is 12.8. The zero-order valence-electron chi connectivity index (χ0n) is 24.9. The highest BCUT2D eigenvalue weighted by atomic mass is 31.2. The van der Waals surface area contributed by atoms with E-state index in [1.165, 1.54) is 20.5 Å². The number of nitrogens with one attached hydrogen (secondary N) is 1. The largest absolute Gasteiger partial charge is 0.407 e. The third-order valence-corrected chi connectivity index (χ3v) is 14.3. The van der Waals surface area contributed by atoms with Crippen LogP contribution in [-0.4, -0.2) is 79.5 Å². The van der Waals surface area contributed by atoms with Crippen LogP contribution in [0.2, 0.25) is 18.1 Å². The number of aromatic nitrogens is 4. The van der Waals surface area contributed by atoms with Crippen LogP contribution in [0.4, 0.5) is 5.82 Å². The van der Waals surface area contributed by atoms with Gasteiger partial charge in [0.15, 0.2) is 31.5 Å². The molecule has 4 rings (SSSR count). The van der Waals surface area contributed by atoms with E-state index in [4.69, 9.17) is 22.9 Å². The SMILES string of the molecule is CO[C@H]1[C@@H](O[Si](C)(C)C(C)(C)C)[C@H](n2cnc3c(NC(=O)c4ccccc4)ncnc32)O[C@@H]1CCP(=O)(OC)OC. The average Bonchev–Trinajstić information content (AvgIpc) is 3.52. The number of benzene rings is 1. The summed E-state index contributed by atoms with van der Waals surface area (Å²) in [6.07, 6.45) is 1.33. The number of rotatable bonds is 11. The van der Waals surface area contributed by atoms with Crippen molar-refractivity contribution in [1.82, 2.24) is 19.5 Å². The van der Waals surface area contributed by atoms with Gasteiger partial charge in [-0.2, -0.15) is 0 Å². The zero-order chi connectivity index (χ0) is 30.0. The molecule has 1 aromatic carbocycles. The number of fused-ring (bicyclic) bond motifs is 1. The molecule has 14 heteroatoms. The lowest BCUT2D eigenvalue weighted by atomic mass is 10.1. The summed E-state index contributed by atoms with van der Waals surface area (Å²) in [5.41, 5.74) is 1.37. The number of imidazole rings is 1. The Balaban J connectivity index is 1.70. The Labute approximate surface area is 241 Å². The molecular formula is C27H40N5O7PSi. The Kier molecular flexibility index (Phi) is 9.49. The van der Waals surface area contributed by atoms with E-state index in [1.54, 1.807) is 42.3 Å². The number of ether oxygens (including phenoxy) is 2. The van der Waals surface area contributed by atoms with Crippen LogP contribution in [0.5, 0.6) is 0 Å². The second-order valence-electron chi connectivity index (χ2n) is 11.5. The van der Waals surface area contributed by atoms with Crippen molar-refractivity contribution in [3.8, 4) is 0 Å². The third-order valence-electron chi connectivity index (χ3n) is 7.94. The maximum absolute atomic E-state index is 12.8. The quantitative estimate of drug-likeness (QED) is 0.228. The first kappa shape index (κ1) is 31.4. The van der Waals surface area contributed by atoms with Crippen LogP contribution in [0.25, 0.3) is 11.2 Å². The summed E-state index contributed by atoms with van der Waals surface area (Å²) in [6.45, 7) is 10.8. The number of carbonyl (C=O) groups is 1. The molecule has 1 amide bonds. The number of carbonyl (C=O) groups excluding carboxylic acids is 1. The molecule has 3 aromatic rings. The van der Waals surface area contributed by atoms with Gasteiger partial charge < -0.3 is 28.3 Å². The molecule has 224 valence electrons. The zero-order valence-corrected chi connectivity index (χ0v) is 26.8. The lowest BCUT2D eigenvalue weighted by Gasteiger charge is -2.40. The van der Waals surface area contributed by atoms with Gasteiger partial charge in [-0.05, 0) is 36.7 Å². The van der Waals surface area contributed by atoms with Crippen molar-refractivity contribution in [1.29, 1.82) is 0 Å². The van der Waals surface area contributed by atoms with Crippen molar-refractivity contribution in [3.05, 3.63) is 48.5 Å². The van der Waals surface area contributed by atoms with Gasteiger partial charge in [0.05, 0.1) is 18.6 Å². The van der Waals surface area contributed by atoms with Gasteiger partial charge in [0.2, 0.25) is 0 Å². The van der Waals surface area contributed by atoms with Gasteiger partial charge in [-0.1, -0.05) is 39.0 Å². The monoisotopic (exact) mass is 605 g/mol. The van der Waals surface area contributed by atoms with Gasteiger partial charge >= 0.3 is 7.60 Å². The first-order chi connectivity index (χ1) is 19.3. The Bertz CT molecular complexity index is 1390. The molecule has 41 heavy (non-hydrogen) atoms. The van der Waals surface area contributed by atoms with Crippen LogP contribution < -0.4 is 5.32 Å². The van der Waals surface area contributed by atoms with E-state index in [0.717, 1.165) is 0 Å². The molecule has 0 spiro atoms. The predicted molar refractivity (Wildman–Crippen MR) is 158 cm³/mol. The van der Waals surface area contributed by atoms with Crippen molar-refractivity contribution < 1.29 is 32.3 Å². The summed E-state index contributed by atoms with van der Waals surface area (Å²) in [7, 11) is -1.23. The Morgan fingerprint density at radius 1 is 1.07 bits per heavy atom. The van der Waals surface area contributed by atoms with Crippen LogP contribution in [-0.2, 0) is 27.5 Å². The van der Waals surface area contributed by atoms with Crippen LogP contribution >= 0.6 is 7.60 Å². The lowest BCUT2D eigenvalue weighted by Crippen LogP contribution is -2.49. The first-order valence-electron chi connectivity index (χ1n) is 13.4. The molecule has 4 atom stereocenters. The second kappa shape index (κ2) is 12.4. The second-order valence-corrected chi connectivity index (χ2v) is 18.6. The molecular weight excluding hydrogens is 565 g/mol. The number of hydrogen-bond acceptors (Lipinski definition) is 10. The molecule has 1 saturated heterocycles. The number of hydrogen-bond donors (Lipinski definition) is 1. The highest BCUT2D eigenvalue weighted by Gasteiger charge is 2.51. The number of anilines is 1. The molecule has 3 heterocycles. The van der Waals surface area contributed by atoms with Crippen molar-refractivity contribution >= 4 is 38.8 Å². The molecule has 1 fully saturated rings. The van der Waals surface area contributed by atoms with E-state index < -0.39 is 40.5 Å². The summed E-state index contributed by atoms with van der Waals surface area (Å²) < 4.78 is 44.4. The van der Waals surface area contributed by atoms with Crippen LogP contribution in [0.15, 0.2) is 43.0 Å². The van der Waals surface area contributed by atoms with Gasteiger partial charge in [0, 0.05) is 26.9 Å². The minimum Gasteiger partial charge on any atom is -0.407 e. The van der Waals surface area contributed by atoms with E-state index in [9.17, 15) is 9.36 Å². The van der Waals surface area contributed by atoms with E-state index in [-0.39, 0.29) is 22.9 Å². The minimum atomic E-state index is -3.27. The highest BCUT2D eigenvalue weighted by molar-refractivity contribution is 7.53. The number of amides is 1. The fraction of sp³-hybridized carbons (Fsp3) is 0.556. The maximum Gasteiger partial charge on any atom is 0.330 e. The summed E-state index contributed by atoms with van der Waals surface area (Å²) in [5, 5.41) is 2.76. The molecule has 0 bridgehead atoms. The molecule has 1 N–H and O–H groups in total. The van der Waals surface area contributed by atoms with Crippen molar-refractivity contribution in [2.45, 2.75) is 69.9 Å². The summed E-state index contributed by atoms with van der Waals surface area (Å²) >= 11 is 0.